The molecule has 1 N–H and O–H groups in total. The highest BCUT2D eigenvalue weighted by Gasteiger charge is 2.17. The Hall–Kier alpha value is -3.02. The average molecular weight is 371 g/mol. The Labute approximate surface area is 159 Å². The first-order chi connectivity index (χ1) is 12.9. The fraction of sp³-hybridized carbons (Fsp3) is 0.333. The van der Waals surface area contributed by atoms with Gasteiger partial charge in [-0.2, -0.15) is 0 Å². The van der Waals surface area contributed by atoms with Crippen molar-refractivity contribution < 1.29 is 23.8 Å². The van der Waals surface area contributed by atoms with Crippen LogP contribution in [0.15, 0.2) is 48.5 Å². The van der Waals surface area contributed by atoms with Gasteiger partial charge in [0, 0.05) is 11.3 Å². The van der Waals surface area contributed by atoms with Crippen LogP contribution in [0, 0.1) is 5.92 Å². The highest BCUT2D eigenvalue weighted by atomic mass is 16.6. The summed E-state index contributed by atoms with van der Waals surface area (Å²) >= 11 is 0. The van der Waals surface area contributed by atoms with Gasteiger partial charge in [-0.3, -0.25) is 4.79 Å². The second-order valence-corrected chi connectivity index (χ2v) is 6.49. The average Bonchev–Trinajstić information content (AvgIpc) is 2.67. The maximum Gasteiger partial charge on any atom is 0.347 e. The summed E-state index contributed by atoms with van der Waals surface area (Å²) in [6.07, 6.45) is -0.720. The van der Waals surface area contributed by atoms with Gasteiger partial charge in [-0.1, -0.05) is 13.8 Å². The zero-order valence-corrected chi connectivity index (χ0v) is 16.0. The Morgan fingerprint density at radius 1 is 0.926 bits per heavy atom. The van der Waals surface area contributed by atoms with Crippen LogP contribution in [0.3, 0.4) is 0 Å². The van der Waals surface area contributed by atoms with E-state index in [2.05, 4.69) is 5.32 Å². The molecule has 0 bridgehead atoms. The van der Waals surface area contributed by atoms with E-state index in [-0.39, 0.29) is 11.8 Å². The molecule has 1 unspecified atom stereocenters. The van der Waals surface area contributed by atoms with E-state index < -0.39 is 12.1 Å². The summed E-state index contributed by atoms with van der Waals surface area (Å²) in [6.45, 7) is 5.92. The van der Waals surface area contributed by atoms with Gasteiger partial charge in [0.15, 0.2) is 6.10 Å². The largest absolute Gasteiger partial charge is 0.497 e. The molecule has 0 aliphatic carbocycles. The molecule has 1 amide bonds. The number of ether oxygens (including phenoxy) is 3. The first-order valence-electron chi connectivity index (χ1n) is 8.77. The van der Waals surface area contributed by atoms with Gasteiger partial charge >= 0.3 is 5.97 Å². The monoisotopic (exact) mass is 371 g/mol. The van der Waals surface area contributed by atoms with E-state index in [0.717, 1.165) is 5.75 Å². The zero-order chi connectivity index (χ0) is 19.8. The van der Waals surface area contributed by atoms with Gasteiger partial charge in [-0.05, 0) is 61.4 Å². The van der Waals surface area contributed by atoms with E-state index >= 15 is 0 Å². The number of rotatable bonds is 8. The molecule has 2 aromatic carbocycles. The predicted molar refractivity (Wildman–Crippen MR) is 103 cm³/mol. The van der Waals surface area contributed by atoms with Crippen molar-refractivity contribution in [2.45, 2.75) is 26.9 Å². The fourth-order valence-electron chi connectivity index (χ4n) is 2.18. The standard InChI is InChI=1S/C21H25NO5/c1-14(2)13-26-21(24)15(3)27-19-9-5-16(6-10-19)20(23)22-17-7-11-18(25-4)12-8-17/h5-12,14-15H,13H2,1-4H3,(H,22,23). The molecule has 144 valence electrons. The molecule has 1 atom stereocenters. The quantitative estimate of drug-likeness (QED) is 0.712. The van der Waals surface area contributed by atoms with Crippen molar-refractivity contribution in [2.75, 3.05) is 19.0 Å². The van der Waals surface area contributed by atoms with Crippen LogP contribution in [-0.2, 0) is 9.53 Å². The van der Waals surface area contributed by atoms with Gasteiger partial charge in [0.05, 0.1) is 13.7 Å². The number of anilines is 1. The van der Waals surface area contributed by atoms with Gasteiger partial charge in [-0.15, -0.1) is 0 Å². The summed E-state index contributed by atoms with van der Waals surface area (Å²) in [7, 11) is 1.59. The third-order valence-corrected chi connectivity index (χ3v) is 3.67. The van der Waals surface area contributed by atoms with Gasteiger partial charge in [-0.25, -0.2) is 4.79 Å². The molecule has 0 heterocycles. The molecule has 0 aromatic heterocycles. The lowest BCUT2D eigenvalue weighted by Gasteiger charge is -2.15. The van der Waals surface area contributed by atoms with Crippen molar-refractivity contribution in [1.29, 1.82) is 0 Å². The fourth-order valence-corrected chi connectivity index (χ4v) is 2.18. The number of benzene rings is 2. The molecule has 0 spiro atoms. The van der Waals surface area contributed by atoms with Crippen LogP contribution in [0.2, 0.25) is 0 Å². The van der Waals surface area contributed by atoms with Crippen LogP contribution < -0.4 is 14.8 Å². The molecule has 0 saturated carbocycles. The first-order valence-corrected chi connectivity index (χ1v) is 8.77. The second kappa shape index (κ2) is 9.62. The summed E-state index contributed by atoms with van der Waals surface area (Å²) in [5.74, 6) is 0.825. The Morgan fingerprint density at radius 3 is 2.07 bits per heavy atom. The van der Waals surface area contributed by atoms with E-state index in [9.17, 15) is 9.59 Å². The smallest absolute Gasteiger partial charge is 0.347 e. The van der Waals surface area contributed by atoms with Crippen molar-refractivity contribution in [3.05, 3.63) is 54.1 Å². The van der Waals surface area contributed by atoms with Gasteiger partial charge < -0.3 is 19.5 Å². The molecule has 2 rings (SSSR count). The summed E-state index contributed by atoms with van der Waals surface area (Å²) < 4.78 is 15.8. The normalized spacial score (nSPS) is 11.6. The zero-order valence-electron chi connectivity index (χ0n) is 16.0. The van der Waals surface area contributed by atoms with E-state index in [1.807, 2.05) is 13.8 Å². The summed E-state index contributed by atoms with van der Waals surface area (Å²) in [4.78, 5) is 24.2. The Morgan fingerprint density at radius 2 is 1.52 bits per heavy atom. The number of hydrogen-bond donors (Lipinski definition) is 1. The minimum Gasteiger partial charge on any atom is -0.497 e. The highest BCUT2D eigenvalue weighted by molar-refractivity contribution is 6.04. The highest BCUT2D eigenvalue weighted by Crippen LogP contribution is 2.18. The number of amides is 1. The molecule has 0 saturated heterocycles. The van der Waals surface area contributed by atoms with Crippen molar-refractivity contribution in [3.8, 4) is 11.5 Å². The van der Waals surface area contributed by atoms with Crippen molar-refractivity contribution in [2.24, 2.45) is 5.92 Å². The van der Waals surface area contributed by atoms with Crippen LogP contribution >= 0.6 is 0 Å². The molecule has 6 heteroatoms. The Bertz CT molecular complexity index is 753. The maximum atomic E-state index is 12.3. The van der Waals surface area contributed by atoms with Gasteiger partial charge in [0.1, 0.15) is 11.5 Å². The lowest BCUT2D eigenvalue weighted by Crippen LogP contribution is -2.27. The van der Waals surface area contributed by atoms with Crippen LogP contribution in [-0.4, -0.2) is 31.7 Å². The van der Waals surface area contributed by atoms with Gasteiger partial charge in [0.25, 0.3) is 5.91 Å². The van der Waals surface area contributed by atoms with Gasteiger partial charge in [0.2, 0.25) is 0 Å². The number of carbonyl (C=O) groups excluding carboxylic acids is 2. The van der Waals surface area contributed by atoms with Crippen LogP contribution in [0.1, 0.15) is 31.1 Å². The molecule has 6 nitrogen and oxygen atoms in total. The molecule has 0 aliphatic rings. The lowest BCUT2D eigenvalue weighted by atomic mass is 10.2. The Balaban J connectivity index is 1.91. The second-order valence-electron chi connectivity index (χ2n) is 6.49. The maximum absolute atomic E-state index is 12.3. The van der Waals surface area contributed by atoms with Crippen molar-refractivity contribution in [3.63, 3.8) is 0 Å². The van der Waals surface area contributed by atoms with E-state index in [1.54, 1.807) is 62.6 Å². The third-order valence-electron chi connectivity index (χ3n) is 3.67. The third kappa shape index (κ3) is 6.33. The van der Waals surface area contributed by atoms with E-state index in [1.165, 1.54) is 0 Å². The number of esters is 1. The van der Waals surface area contributed by atoms with Crippen LogP contribution in [0.5, 0.6) is 11.5 Å². The number of carbonyl (C=O) groups is 2. The Kier molecular flexibility index (Phi) is 7.23. The molecule has 0 aliphatic heterocycles. The minimum atomic E-state index is -0.720. The first kappa shape index (κ1) is 20.3. The molecule has 0 fully saturated rings. The molecule has 0 radical (unpaired) electrons. The molecule has 2 aromatic rings. The number of methoxy groups -OCH3 is 1. The van der Waals surface area contributed by atoms with E-state index in [4.69, 9.17) is 14.2 Å². The van der Waals surface area contributed by atoms with Crippen molar-refractivity contribution in [1.82, 2.24) is 0 Å². The topological polar surface area (TPSA) is 73.9 Å². The molecular formula is C21H25NO5. The predicted octanol–water partition coefficient (Wildman–Crippen LogP) is 3.91. The SMILES string of the molecule is COc1ccc(NC(=O)c2ccc(OC(C)C(=O)OCC(C)C)cc2)cc1. The van der Waals surface area contributed by atoms with Crippen LogP contribution in [0.25, 0.3) is 0 Å². The molecular weight excluding hydrogens is 346 g/mol. The van der Waals surface area contributed by atoms with Crippen molar-refractivity contribution >= 4 is 17.6 Å². The molecule has 27 heavy (non-hydrogen) atoms. The van der Waals surface area contributed by atoms with Crippen LogP contribution in [0.4, 0.5) is 5.69 Å². The van der Waals surface area contributed by atoms with E-state index in [0.29, 0.717) is 23.6 Å². The minimum absolute atomic E-state index is 0.240. The lowest BCUT2D eigenvalue weighted by molar-refractivity contribution is -0.152. The summed E-state index contributed by atoms with van der Waals surface area (Å²) in [5.41, 5.74) is 1.15. The number of hydrogen-bond acceptors (Lipinski definition) is 5. The summed E-state index contributed by atoms with van der Waals surface area (Å²) in [6, 6.07) is 13.6. The number of nitrogens with one attached hydrogen (secondary N) is 1. The summed E-state index contributed by atoms with van der Waals surface area (Å²) in [5, 5.41) is 2.81.